The number of morpholine rings is 2. The van der Waals surface area contributed by atoms with Gasteiger partial charge in [0, 0.05) is 39.0 Å². The van der Waals surface area contributed by atoms with Crippen molar-refractivity contribution in [2.45, 2.75) is 37.3 Å². The second-order valence-electron chi connectivity index (χ2n) is 5.16. The van der Waals surface area contributed by atoms with Crippen molar-refractivity contribution in [3.8, 4) is 0 Å². The number of nitrogens with one attached hydrogen (secondary N) is 2. The van der Waals surface area contributed by atoms with Crippen molar-refractivity contribution < 1.29 is 29.3 Å². The standard InChI is InChI=1S/2C5H9NO.C2H2O4/c2*1-4-2-6-3-5(1)7-4;3-1(4)2(5)6/h2*4-6H,1-3H2;(H,3,4)(H,5,6)/t2*4-,5+;. The first-order chi connectivity index (χ1) is 9.54. The molecule has 0 spiro atoms. The van der Waals surface area contributed by atoms with Gasteiger partial charge in [-0.2, -0.15) is 0 Å². The van der Waals surface area contributed by atoms with Crippen molar-refractivity contribution >= 4 is 11.9 Å². The number of piperidine rings is 2. The fraction of sp³-hybridized carbons (Fsp3) is 0.833. The lowest BCUT2D eigenvalue weighted by atomic mass is 10.0. The van der Waals surface area contributed by atoms with Crippen LogP contribution in [0.25, 0.3) is 0 Å². The average Bonchev–Trinajstić information content (AvgIpc) is 2.40. The molecule has 0 unspecified atom stereocenters. The zero-order chi connectivity index (χ0) is 14.5. The molecular formula is C12H20N2O6. The van der Waals surface area contributed by atoms with Crippen LogP contribution in [0.5, 0.6) is 0 Å². The van der Waals surface area contributed by atoms with E-state index >= 15 is 0 Å². The molecule has 0 aliphatic carbocycles. The number of ether oxygens (including phenoxy) is 2. The van der Waals surface area contributed by atoms with Gasteiger partial charge < -0.3 is 30.3 Å². The third kappa shape index (κ3) is 4.41. The van der Waals surface area contributed by atoms with E-state index in [2.05, 4.69) is 10.6 Å². The summed E-state index contributed by atoms with van der Waals surface area (Å²) in [4.78, 5) is 18.2. The van der Waals surface area contributed by atoms with Crippen molar-refractivity contribution in [1.82, 2.24) is 10.6 Å². The molecule has 0 aromatic rings. The quantitative estimate of drug-likeness (QED) is 0.404. The van der Waals surface area contributed by atoms with Crippen molar-refractivity contribution in [2.75, 3.05) is 26.2 Å². The molecule has 6 saturated heterocycles. The molecule has 0 aromatic heterocycles. The Bertz CT molecular complexity index is 291. The molecule has 114 valence electrons. The van der Waals surface area contributed by atoms with Crippen LogP contribution >= 0.6 is 0 Å². The van der Waals surface area contributed by atoms with Crippen molar-refractivity contribution in [2.24, 2.45) is 0 Å². The molecule has 6 rings (SSSR count). The maximum atomic E-state index is 9.10. The summed E-state index contributed by atoms with van der Waals surface area (Å²) in [5.74, 6) is -3.65. The highest BCUT2D eigenvalue weighted by atomic mass is 16.5. The number of carbonyl (C=O) groups is 2. The van der Waals surface area contributed by atoms with Gasteiger partial charge in [-0.25, -0.2) is 9.59 Å². The Kier molecular flexibility index (Phi) is 5.30. The molecule has 6 heterocycles. The second kappa shape index (κ2) is 6.98. The number of hydrogen-bond acceptors (Lipinski definition) is 6. The Hall–Kier alpha value is -1.22. The molecule has 0 aromatic carbocycles. The molecule has 20 heavy (non-hydrogen) atoms. The lowest BCUT2D eigenvalue weighted by Crippen LogP contribution is -2.55. The smallest absolute Gasteiger partial charge is 0.414 e. The van der Waals surface area contributed by atoms with E-state index in [0.29, 0.717) is 24.4 Å². The molecule has 6 aliphatic rings. The highest BCUT2D eigenvalue weighted by molar-refractivity contribution is 6.27. The van der Waals surface area contributed by atoms with Crippen LogP contribution in [0.4, 0.5) is 0 Å². The van der Waals surface area contributed by atoms with Gasteiger partial charge >= 0.3 is 11.9 Å². The van der Waals surface area contributed by atoms with Gasteiger partial charge in [-0.1, -0.05) is 0 Å². The Morgan fingerprint density at radius 3 is 1.05 bits per heavy atom. The van der Waals surface area contributed by atoms with Gasteiger partial charge in [0.25, 0.3) is 0 Å². The van der Waals surface area contributed by atoms with Crippen LogP contribution in [-0.4, -0.2) is 72.7 Å². The third-order valence-corrected chi connectivity index (χ3v) is 3.49. The Morgan fingerprint density at radius 2 is 1.00 bits per heavy atom. The minimum absolute atomic E-state index is 0.568. The summed E-state index contributed by atoms with van der Waals surface area (Å²) >= 11 is 0. The zero-order valence-electron chi connectivity index (χ0n) is 11.1. The van der Waals surface area contributed by atoms with Crippen LogP contribution in [0.2, 0.25) is 0 Å². The maximum absolute atomic E-state index is 9.10. The molecule has 0 amide bonds. The highest BCUT2D eigenvalue weighted by Crippen LogP contribution is 2.22. The largest absolute Gasteiger partial charge is 0.473 e. The van der Waals surface area contributed by atoms with Gasteiger partial charge in [0.1, 0.15) is 0 Å². The number of carboxylic acid groups (broad SMARTS) is 2. The average molecular weight is 288 g/mol. The van der Waals surface area contributed by atoms with E-state index in [4.69, 9.17) is 29.3 Å². The van der Waals surface area contributed by atoms with E-state index in [1.54, 1.807) is 0 Å². The summed E-state index contributed by atoms with van der Waals surface area (Å²) in [6, 6.07) is 0. The normalized spacial score (nSPS) is 35.8. The molecule has 6 fully saturated rings. The highest BCUT2D eigenvalue weighted by Gasteiger charge is 2.33. The molecule has 8 heteroatoms. The Morgan fingerprint density at radius 1 is 0.750 bits per heavy atom. The lowest BCUT2D eigenvalue weighted by molar-refractivity contribution is -0.159. The monoisotopic (exact) mass is 288 g/mol. The summed E-state index contributed by atoms with van der Waals surface area (Å²) in [6.07, 6.45) is 4.87. The number of rotatable bonds is 0. The summed E-state index contributed by atoms with van der Waals surface area (Å²) in [6.45, 7) is 4.32. The molecule has 0 saturated carbocycles. The molecule has 6 aliphatic heterocycles. The molecular weight excluding hydrogens is 268 g/mol. The van der Waals surface area contributed by atoms with Crippen LogP contribution in [0.3, 0.4) is 0 Å². The number of carboxylic acids is 2. The first-order valence-electron chi connectivity index (χ1n) is 6.73. The van der Waals surface area contributed by atoms with Crippen LogP contribution < -0.4 is 10.6 Å². The maximum Gasteiger partial charge on any atom is 0.414 e. The van der Waals surface area contributed by atoms with Crippen LogP contribution in [-0.2, 0) is 19.1 Å². The van der Waals surface area contributed by atoms with Crippen molar-refractivity contribution in [3.05, 3.63) is 0 Å². The summed E-state index contributed by atoms with van der Waals surface area (Å²) in [5, 5.41) is 21.3. The van der Waals surface area contributed by atoms with Gasteiger partial charge in [0.15, 0.2) is 0 Å². The predicted octanol–water partition coefficient (Wildman–Crippen LogP) is -1.35. The van der Waals surface area contributed by atoms with Gasteiger partial charge in [0.05, 0.1) is 24.4 Å². The predicted molar refractivity (Wildman–Crippen MR) is 67.6 cm³/mol. The summed E-state index contributed by atoms with van der Waals surface area (Å²) in [7, 11) is 0. The van der Waals surface area contributed by atoms with E-state index in [1.807, 2.05) is 0 Å². The van der Waals surface area contributed by atoms with Crippen molar-refractivity contribution in [1.29, 1.82) is 0 Å². The molecule has 0 radical (unpaired) electrons. The number of hydrogen-bond donors (Lipinski definition) is 4. The molecule has 4 N–H and O–H groups in total. The fourth-order valence-corrected chi connectivity index (χ4v) is 2.44. The number of fused-ring (bicyclic) bond motifs is 4. The van der Waals surface area contributed by atoms with Gasteiger partial charge in [-0.3, -0.25) is 0 Å². The van der Waals surface area contributed by atoms with Gasteiger partial charge in [-0.15, -0.1) is 0 Å². The van der Waals surface area contributed by atoms with Crippen molar-refractivity contribution in [3.63, 3.8) is 0 Å². The Balaban J connectivity index is 0.000000111. The SMILES string of the molecule is C1NC[C@H]2C[C@@H]1O2.C1NC[C@H]2C[C@@H]1O2.O=C(O)C(=O)O. The molecule has 4 atom stereocenters. The number of aliphatic carboxylic acids is 2. The zero-order valence-corrected chi connectivity index (χ0v) is 11.1. The van der Waals surface area contributed by atoms with E-state index in [9.17, 15) is 0 Å². The lowest BCUT2D eigenvalue weighted by Gasteiger charge is -2.41. The topological polar surface area (TPSA) is 117 Å². The van der Waals surface area contributed by atoms with E-state index in [1.165, 1.54) is 12.8 Å². The molecule has 8 nitrogen and oxygen atoms in total. The Labute approximate surface area is 116 Å². The fourth-order valence-electron chi connectivity index (χ4n) is 2.44. The summed E-state index contributed by atoms with van der Waals surface area (Å²) in [5.41, 5.74) is 0. The van der Waals surface area contributed by atoms with Crippen LogP contribution in [0.1, 0.15) is 12.8 Å². The van der Waals surface area contributed by atoms with Gasteiger partial charge in [0.2, 0.25) is 0 Å². The van der Waals surface area contributed by atoms with E-state index in [0.717, 1.165) is 26.2 Å². The second-order valence-corrected chi connectivity index (χ2v) is 5.16. The van der Waals surface area contributed by atoms with Crippen LogP contribution in [0, 0.1) is 0 Å². The molecule has 4 bridgehead atoms. The van der Waals surface area contributed by atoms with Gasteiger partial charge in [-0.05, 0) is 0 Å². The van der Waals surface area contributed by atoms with Crippen LogP contribution in [0.15, 0.2) is 0 Å². The first-order valence-corrected chi connectivity index (χ1v) is 6.73. The minimum atomic E-state index is -1.82. The summed E-state index contributed by atoms with van der Waals surface area (Å²) < 4.78 is 10.6. The first kappa shape index (κ1) is 15.2. The third-order valence-electron chi connectivity index (χ3n) is 3.49. The van der Waals surface area contributed by atoms with E-state index in [-0.39, 0.29) is 0 Å². The van der Waals surface area contributed by atoms with E-state index < -0.39 is 11.9 Å². The minimum Gasteiger partial charge on any atom is -0.473 e.